The normalized spacial score (nSPS) is 22.1. The highest BCUT2D eigenvalue weighted by Gasteiger charge is 2.57. The Morgan fingerprint density at radius 2 is 1.54 bits per heavy atom. The van der Waals surface area contributed by atoms with Gasteiger partial charge in [-0.3, -0.25) is 14.6 Å². The Morgan fingerprint density at radius 3 is 2.23 bits per heavy atom. The van der Waals surface area contributed by atoms with Crippen molar-refractivity contribution in [2.24, 2.45) is 0 Å². The monoisotopic (exact) mass is 477 g/mol. The van der Waals surface area contributed by atoms with Crippen LogP contribution in [0.25, 0.3) is 11.3 Å². The molecule has 0 fully saturated rings. The van der Waals surface area contributed by atoms with E-state index in [1.807, 2.05) is 58.3 Å². The van der Waals surface area contributed by atoms with E-state index >= 15 is 0 Å². The molecule has 0 bridgehead atoms. The van der Waals surface area contributed by atoms with Gasteiger partial charge in [-0.1, -0.05) is 60.7 Å². The Balaban J connectivity index is 1.66. The summed E-state index contributed by atoms with van der Waals surface area (Å²) in [6.45, 7) is 8.41. The molecule has 1 spiro atoms. The largest absolute Gasteiger partial charge is 0.341 e. The van der Waals surface area contributed by atoms with Crippen LogP contribution in [0.5, 0.6) is 0 Å². The smallest absolute Gasteiger partial charge is 0.262 e. The first-order chi connectivity index (χ1) is 16.7. The number of hydrogen-bond acceptors (Lipinski definition) is 2. The van der Waals surface area contributed by atoms with Crippen molar-refractivity contribution in [2.45, 2.75) is 38.8 Å². The third kappa shape index (κ3) is 3.04. The Bertz CT molecular complexity index is 1460. The summed E-state index contributed by atoms with van der Waals surface area (Å²) >= 11 is 6.00. The lowest BCUT2D eigenvalue weighted by molar-refractivity contribution is -0.122. The number of thiocarbonyl (C=S) groups is 1. The summed E-state index contributed by atoms with van der Waals surface area (Å²) in [4.78, 5) is 18.4. The minimum Gasteiger partial charge on any atom is -0.341 e. The van der Waals surface area contributed by atoms with Crippen molar-refractivity contribution in [1.82, 2.24) is 5.32 Å². The summed E-state index contributed by atoms with van der Waals surface area (Å²) in [5.41, 5.74) is 6.67. The molecule has 5 heteroatoms. The van der Waals surface area contributed by atoms with Crippen LogP contribution < -0.4 is 15.1 Å². The van der Waals surface area contributed by atoms with Crippen molar-refractivity contribution in [3.63, 3.8) is 0 Å². The Morgan fingerprint density at radius 1 is 0.886 bits per heavy atom. The lowest BCUT2D eigenvalue weighted by atomic mass is 9.84. The highest BCUT2D eigenvalue weighted by Crippen LogP contribution is 2.53. The van der Waals surface area contributed by atoms with E-state index in [4.69, 9.17) is 12.2 Å². The molecule has 0 saturated carbocycles. The number of amides is 1. The Kier molecular flexibility index (Phi) is 4.61. The van der Waals surface area contributed by atoms with Crippen LogP contribution in [0.1, 0.15) is 43.0 Å². The quantitative estimate of drug-likeness (QED) is 0.448. The number of nitrogens with one attached hydrogen (secondary N) is 1. The Labute approximate surface area is 211 Å². The minimum absolute atomic E-state index is 0.00315. The summed E-state index contributed by atoms with van der Waals surface area (Å²) in [7, 11) is 0. The SMILES string of the molecule is CC1=CC(C)(C)N2C(=O)C3(C=C(c4ccccc4)N(c4ccccc4)C(=S)N3)c3cc(C)cc1c32. The molecule has 1 atom stereocenters. The molecule has 174 valence electrons. The molecule has 3 aliphatic rings. The second-order valence-electron chi connectivity index (χ2n) is 10.1. The number of aryl methyl sites for hydroxylation is 1. The van der Waals surface area contributed by atoms with E-state index in [0.717, 1.165) is 39.3 Å². The molecule has 4 nitrogen and oxygen atoms in total. The summed E-state index contributed by atoms with van der Waals surface area (Å²) in [5, 5.41) is 4.02. The number of carbonyl (C=O) groups excluding carboxylic acids is 1. The highest BCUT2D eigenvalue weighted by atomic mass is 32.1. The number of hydrogen-bond donors (Lipinski definition) is 1. The van der Waals surface area contributed by atoms with Crippen molar-refractivity contribution >= 4 is 45.9 Å². The zero-order chi connectivity index (χ0) is 24.5. The van der Waals surface area contributed by atoms with Gasteiger partial charge in [-0.2, -0.15) is 0 Å². The first-order valence-corrected chi connectivity index (χ1v) is 12.3. The van der Waals surface area contributed by atoms with Crippen LogP contribution in [0, 0.1) is 6.92 Å². The van der Waals surface area contributed by atoms with E-state index in [1.165, 1.54) is 5.57 Å². The molecule has 0 saturated heterocycles. The fourth-order valence-corrected chi connectivity index (χ4v) is 6.16. The third-order valence-corrected chi connectivity index (χ3v) is 7.48. The zero-order valence-electron chi connectivity index (χ0n) is 20.3. The molecule has 1 N–H and O–H groups in total. The van der Waals surface area contributed by atoms with Crippen LogP contribution in [0.4, 0.5) is 11.4 Å². The molecule has 3 aromatic rings. The number of rotatable bonds is 2. The van der Waals surface area contributed by atoms with Crippen LogP contribution in [0.3, 0.4) is 0 Å². The average Bonchev–Trinajstić information content (AvgIpc) is 3.06. The van der Waals surface area contributed by atoms with E-state index in [2.05, 4.69) is 69.4 Å². The van der Waals surface area contributed by atoms with Gasteiger partial charge in [-0.05, 0) is 80.9 Å². The molecule has 35 heavy (non-hydrogen) atoms. The number of benzene rings is 3. The molecule has 3 heterocycles. The van der Waals surface area contributed by atoms with E-state index in [1.54, 1.807) is 0 Å². The average molecular weight is 478 g/mol. The van der Waals surface area contributed by atoms with Gasteiger partial charge in [0.15, 0.2) is 10.7 Å². The molecular formula is C30H27N3OS. The van der Waals surface area contributed by atoms with Gasteiger partial charge in [-0.15, -0.1) is 0 Å². The van der Waals surface area contributed by atoms with Crippen molar-refractivity contribution in [3.8, 4) is 0 Å². The molecule has 1 amide bonds. The second kappa shape index (κ2) is 7.40. The van der Waals surface area contributed by atoms with Gasteiger partial charge in [-0.25, -0.2) is 0 Å². The molecule has 0 aromatic heterocycles. The first kappa shape index (κ1) is 21.8. The van der Waals surface area contributed by atoms with Crippen LogP contribution in [0.15, 0.2) is 84.9 Å². The van der Waals surface area contributed by atoms with E-state index in [0.29, 0.717) is 5.11 Å². The predicted octanol–water partition coefficient (Wildman–Crippen LogP) is 6.17. The van der Waals surface area contributed by atoms with E-state index in [-0.39, 0.29) is 5.91 Å². The summed E-state index contributed by atoms with van der Waals surface area (Å²) in [6.07, 6.45) is 4.26. The Hall–Kier alpha value is -3.70. The number of para-hydroxylation sites is 1. The molecule has 3 aromatic carbocycles. The van der Waals surface area contributed by atoms with Crippen LogP contribution in [-0.4, -0.2) is 16.6 Å². The maximum Gasteiger partial charge on any atom is 0.262 e. The van der Waals surface area contributed by atoms with Gasteiger partial charge in [0.25, 0.3) is 5.91 Å². The van der Waals surface area contributed by atoms with Crippen LogP contribution in [-0.2, 0) is 10.3 Å². The maximum atomic E-state index is 14.5. The predicted molar refractivity (Wildman–Crippen MR) is 147 cm³/mol. The van der Waals surface area contributed by atoms with Gasteiger partial charge in [0.05, 0.1) is 16.9 Å². The topological polar surface area (TPSA) is 35.6 Å². The molecular weight excluding hydrogens is 450 g/mol. The second-order valence-corrected chi connectivity index (χ2v) is 10.5. The standard InChI is InChI=1S/C30H27N3OS/c1-19-15-23-20(2)17-29(3,4)33-26(23)24(16-19)30(27(33)34)18-25(21-11-7-5-8-12-21)32(28(35)31-30)22-13-9-6-10-14-22/h5-18H,1-4H3,(H,31,35). The molecule has 0 aliphatic carbocycles. The number of allylic oxidation sites excluding steroid dienone is 1. The number of carbonyl (C=O) groups is 1. The fourth-order valence-electron chi connectivity index (χ4n) is 5.79. The van der Waals surface area contributed by atoms with Crippen molar-refractivity contribution in [2.75, 3.05) is 9.80 Å². The number of anilines is 2. The molecule has 6 rings (SSSR count). The maximum absolute atomic E-state index is 14.5. The third-order valence-electron chi connectivity index (χ3n) is 7.20. The zero-order valence-corrected chi connectivity index (χ0v) is 21.1. The number of fused-ring (bicyclic) bond motifs is 1. The van der Waals surface area contributed by atoms with E-state index < -0.39 is 11.1 Å². The lowest BCUT2D eigenvalue weighted by Crippen LogP contribution is -2.60. The van der Waals surface area contributed by atoms with Crippen LogP contribution in [0.2, 0.25) is 0 Å². The summed E-state index contributed by atoms with van der Waals surface area (Å²) in [6, 6.07) is 24.5. The number of nitrogens with zero attached hydrogens (tertiary/aromatic N) is 2. The minimum atomic E-state index is -1.08. The van der Waals surface area contributed by atoms with Gasteiger partial charge in [0.2, 0.25) is 0 Å². The fraction of sp³-hybridized carbons (Fsp3) is 0.200. The van der Waals surface area contributed by atoms with E-state index in [9.17, 15) is 4.79 Å². The van der Waals surface area contributed by atoms with Gasteiger partial charge < -0.3 is 5.32 Å². The molecule has 1 unspecified atom stereocenters. The van der Waals surface area contributed by atoms with Crippen molar-refractivity contribution < 1.29 is 4.79 Å². The highest BCUT2D eigenvalue weighted by molar-refractivity contribution is 7.80. The van der Waals surface area contributed by atoms with Crippen molar-refractivity contribution in [3.05, 3.63) is 107 Å². The van der Waals surface area contributed by atoms with Crippen LogP contribution >= 0.6 is 12.2 Å². The van der Waals surface area contributed by atoms with Gasteiger partial charge >= 0.3 is 0 Å². The molecule has 0 radical (unpaired) electrons. The van der Waals surface area contributed by atoms with Gasteiger partial charge in [0.1, 0.15) is 0 Å². The van der Waals surface area contributed by atoms with Crippen molar-refractivity contribution in [1.29, 1.82) is 0 Å². The lowest BCUT2D eigenvalue weighted by Gasteiger charge is -2.42. The molecule has 3 aliphatic heterocycles. The summed E-state index contributed by atoms with van der Waals surface area (Å²) < 4.78 is 0. The first-order valence-electron chi connectivity index (χ1n) is 11.9. The summed E-state index contributed by atoms with van der Waals surface area (Å²) in [5.74, 6) is -0.00315. The van der Waals surface area contributed by atoms with Gasteiger partial charge in [0, 0.05) is 16.8 Å².